The van der Waals surface area contributed by atoms with Crippen molar-refractivity contribution in [1.29, 1.82) is 0 Å². The predicted octanol–water partition coefficient (Wildman–Crippen LogP) is 0.215. The number of likely N-dealkylation sites (tertiary alicyclic amines) is 2. The molecule has 1 aromatic heterocycles. The maximum Gasteiger partial charge on any atom is 0.318 e. The van der Waals surface area contributed by atoms with Crippen molar-refractivity contribution in [3.63, 3.8) is 0 Å². The summed E-state index contributed by atoms with van der Waals surface area (Å²) in [7, 11) is 0. The molecule has 3 aliphatic rings. The predicted molar refractivity (Wildman–Crippen MR) is 81.4 cm³/mol. The number of carbonyl (C=O) groups is 2. The van der Waals surface area contributed by atoms with Crippen molar-refractivity contribution in [2.75, 3.05) is 13.1 Å². The van der Waals surface area contributed by atoms with E-state index in [0.29, 0.717) is 25.6 Å². The van der Waals surface area contributed by atoms with Crippen LogP contribution in [-0.2, 0) is 11.3 Å². The van der Waals surface area contributed by atoms with Crippen molar-refractivity contribution in [3.05, 3.63) is 12.4 Å². The first-order valence-electron chi connectivity index (χ1n) is 8.41. The van der Waals surface area contributed by atoms with Crippen LogP contribution in [0.2, 0.25) is 0 Å². The third-order valence-electron chi connectivity index (χ3n) is 4.98. The number of carbonyl (C=O) groups excluding carboxylic acids is 2. The van der Waals surface area contributed by atoms with Crippen molar-refractivity contribution in [2.24, 2.45) is 0 Å². The molecule has 3 amide bonds. The molecule has 1 saturated carbocycles. The van der Waals surface area contributed by atoms with Crippen molar-refractivity contribution in [2.45, 2.75) is 56.8 Å². The second kappa shape index (κ2) is 5.82. The van der Waals surface area contributed by atoms with Gasteiger partial charge in [0.25, 0.3) is 0 Å². The maximum atomic E-state index is 12.6. The van der Waals surface area contributed by atoms with Crippen LogP contribution in [0.5, 0.6) is 0 Å². The topological polar surface area (TPSA) is 83.4 Å². The molecule has 1 N–H and O–H groups in total. The van der Waals surface area contributed by atoms with Crippen LogP contribution < -0.4 is 5.32 Å². The van der Waals surface area contributed by atoms with Gasteiger partial charge in [-0.1, -0.05) is 5.21 Å². The minimum absolute atomic E-state index is 0.0526. The molecule has 8 heteroatoms. The van der Waals surface area contributed by atoms with Crippen LogP contribution in [-0.4, -0.2) is 67.9 Å². The molecular weight excluding hydrogens is 296 g/mol. The van der Waals surface area contributed by atoms with E-state index in [-0.39, 0.29) is 24.0 Å². The second-order valence-electron chi connectivity index (χ2n) is 6.74. The zero-order chi connectivity index (χ0) is 15.8. The van der Waals surface area contributed by atoms with Crippen molar-refractivity contribution in [1.82, 2.24) is 30.1 Å². The van der Waals surface area contributed by atoms with Gasteiger partial charge in [-0.05, 0) is 25.7 Å². The van der Waals surface area contributed by atoms with Crippen LogP contribution in [0.1, 0.15) is 32.1 Å². The minimum Gasteiger partial charge on any atom is -0.338 e. The number of hydrogen-bond acceptors (Lipinski definition) is 4. The Bertz CT molecular complexity index is 585. The Hall–Kier alpha value is -2.12. The normalized spacial score (nSPS) is 27.7. The summed E-state index contributed by atoms with van der Waals surface area (Å²) in [6, 6.07) is 0.468. The molecule has 2 aliphatic heterocycles. The molecule has 1 aromatic rings. The van der Waals surface area contributed by atoms with Crippen LogP contribution in [0.4, 0.5) is 4.79 Å². The SMILES string of the molecule is O=C1CC(NC(=O)N2CCC[C@H]2Cn2ccnn2)CN1C1CC1. The summed E-state index contributed by atoms with van der Waals surface area (Å²) in [6.07, 6.45) is 8.10. The number of aromatic nitrogens is 3. The van der Waals surface area contributed by atoms with E-state index in [1.807, 2.05) is 16.0 Å². The number of urea groups is 1. The van der Waals surface area contributed by atoms with E-state index in [9.17, 15) is 9.59 Å². The Morgan fingerprint density at radius 1 is 1.35 bits per heavy atom. The van der Waals surface area contributed by atoms with Crippen LogP contribution in [0, 0.1) is 0 Å². The number of hydrogen-bond donors (Lipinski definition) is 1. The van der Waals surface area contributed by atoms with Crippen molar-refractivity contribution < 1.29 is 9.59 Å². The molecule has 1 unspecified atom stereocenters. The van der Waals surface area contributed by atoms with E-state index in [0.717, 1.165) is 32.2 Å². The number of nitrogens with zero attached hydrogens (tertiary/aromatic N) is 5. The quantitative estimate of drug-likeness (QED) is 0.860. The zero-order valence-electron chi connectivity index (χ0n) is 13.1. The molecule has 3 heterocycles. The highest BCUT2D eigenvalue weighted by molar-refractivity contribution is 5.82. The van der Waals surface area contributed by atoms with E-state index in [1.165, 1.54) is 0 Å². The first-order chi connectivity index (χ1) is 11.2. The Balaban J connectivity index is 1.34. The van der Waals surface area contributed by atoms with Gasteiger partial charge in [0.1, 0.15) is 0 Å². The summed E-state index contributed by atoms with van der Waals surface area (Å²) < 4.78 is 1.77. The van der Waals surface area contributed by atoms with Crippen LogP contribution in [0.3, 0.4) is 0 Å². The molecule has 0 aromatic carbocycles. The standard InChI is InChI=1S/C15H22N6O2/c22-14-8-11(9-21(14)12-3-4-12)17-15(23)20-6-1-2-13(20)10-19-7-5-16-18-19/h5,7,11-13H,1-4,6,8-10H2,(H,17,23)/t11?,13-/m0/s1. The zero-order valence-corrected chi connectivity index (χ0v) is 13.1. The van der Waals surface area contributed by atoms with Gasteiger partial charge in [0.05, 0.1) is 24.8 Å². The van der Waals surface area contributed by atoms with Gasteiger partial charge in [0, 0.05) is 31.7 Å². The van der Waals surface area contributed by atoms with Gasteiger partial charge in [-0.3, -0.25) is 9.48 Å². The summed E-state index contributed by atoms with van der Waals surface area (Å²) in [6.45, 7) is 2.10. The summed E-state index contributed by atoms with van der Waals surface area (Å²) in [4.78, 5) is 28.4. The fourth-order valence-electron chi connectivity index (χ4n) is 3.66. The summed E-state index contributed by atoms with van der Waals surface area (Å²) in [5, 5.41) is 10.8. The highest BCUT2D eigenvalue weighted by Crippen LogP contribution is 2.30. The maximum absolute atomic E-state index is 12.6. The molecule has 0 bridgehead atoms. The van der Waals surface area contributed by atoms with Gasteiger partial charge in [0.15, 0.2) is 0 Å². The molecule has 1 aliphatic carbocycles. The van der Waals surface area contributed by atoms with Crippen LogP contribution >= 0.6 is 0 Å². The Labute approximate surface area is 134 Å². The number of rotatable bonds is 4. The molecule has 4 rings (SSSR count). The average molecular weight is 318 g/mol. The molecular formula is C15H22N6O2. The fraction of sp³-hybridized carbons (Fsp3) is 0.733. The largest absolute Gasteiger partial charge is 0.338 e. The molecule has 124 valence electrons. The van der Waals surface area contributed by atoms with Gasteiger partial charge < -0.3 is 15.1 Å². The van der Waals surface area contributed by atoms with E-state index in [4.69, 9.17) is 0 Å². The van der Waals surface area contributed by atoms with Crippen LogP contribution in [0.25, 0.3) is 0 Å². The van der Waals surface area contributed by atoms with Gasteiger partial charge in [-0.2, -0.15) is 0 Å². The first-order valence-corrected chi connectivity index (χ1v) is 8.41. The van der Waals surface area contributed by atoms with Gasteiger partial charge in [-0.15, -0.1) is 5.10 Å². The molecule has 2 saturated heterocycles. The number of nitrogens with one attached hydrogen (secondary N) is 1. The Morgan fingerprint density at radius 2 is 2.22 bits per heavy atom. The van der Waals surface area contributed by atoms with Gasteiger partial charge >= 0.3 is 6.03 Å². The van der Waals surface area contributed by atoms with E-state index < -0.39 is 0 Å². The minimum atomic E-state index is -0.0527. The fourth-order valence-corrected chi connectivity index (χ4v) is 3.66. The first kappa shape index (κ1) is 14.5. The molecule has 0 radical (unpaired) electrons. The van der Waals surface area contributed by atoms with Gasteiger partial charge in [0.2, 0.25) is 5.91 Å². The third-order valence-corrected chi connectivity index (χ3v) is 4.98. The van der Waals surface area contributed by atoms with Crippen LogP contribution in [0.15, 0.2) is 12.4 Å². The molecule has 23 heavy (non-hydrogen) atoms. The summed E-state index contributed by atoms with van der Waals surface area (Å²) in [5.74, 6) is 0.179. The monoisotopic (exact) mass is 318 g/mol. The highest BCUT2D eigenvalue weighted by Gasteiger charge is 2.40. The Kier molecular flexibility index (Phi) is 3.66. The lowest BCUT2D eigenvalue weighted by Crippen LogP contribution is -2.48. The number of amides is 3. The molecule has 0 spiro atoms. The molecule has 3 fully saturated rings. The lowest BCUT2D eigenvalue weighted by Gasteiger charge is -2.26. The summed E-state index contributed by atoms with van der Waals surface area (Å²) >= 11 is 0. The highest BCUT2D eigenvalue weighted by atomic mass is 16.2. The van der Waals surface area contributed by atoms with Gasteiger partial charge in [-0.25, -0.2) is 4.79 Å². The molecule has 8 nitrogen and oxygen atoms in total. The van der Waals surface area contributed by atoms with Crippen molar-refractivity contribution in [3.8, 4) is 0 Å². The van der Waals surface area contributed by atoms with E-state index >= 15 is 0 Å². The Morgan fingerprint density at radius 3 is 2.96 bits per heavy atom. The average Bonchev–Trinajstić information content (AvgIpc) is 2.92. The lowest BCUT2D eigenvalue weighted by atomic mass is 10.2. The third kappa shape index (κ3) is 3.02. The van der Waals surface area contributed by atoms with E-state index in [2.05, 4.69) is 15.6 Å². The van der Waals surface area contributed by atoms with E-state index in [1.54, 1.807) is 10.9 Å². The summed E-state index contributed by atoms with van der Waals surface area (Å²) in [5.41, 5.74) is 0. The smallest absolute Gasteiger partial charge is 0.318 e. The van der Waals surface area contributed by atoms with Crippen molar-refractivity contribution >= 4 is 11.9 Å². The second-order valence-corrected chi connectivity index (χ2v) is 6.74. The molecule has 2 atom stereocenters. The lowest BCUT2D eigenvalue weighted by molar-refractivity contribution is -0.128.